The molecule has 0 spiro atoms. The van der Waals surface area contributed by atoms with E-state index in [1.807, 2.05) is 24.0 Å². The molecule has 0 aliphatic carbocycles. The van der Waals surface area contributed by atoms with Crippen LogP contribution in [0, 0.1) is 0 Å². The number of hydrogen-bond donors (Lipinski definition) is 1. The van der Waals surface area contributed by atoms with Crippen LogP contribution in [0.3, 0.4) is 0 Å². The summed E-state index contributed by atoms with van der Waals surface area (Å²) < 4.78 is 1.63. The van der Waals surface area contributed by atoms with Crippen LogP contribution in [0.4, 0.5) is 0 Å². The number of nitrogens with one attached hydrogen (secondary N) is 1. The van der Waals surface area contributed by atoms with Crippen molar-refractivity contribution < 1.29 is 9.69 Å². The summed E-state index contributed by atoms with van der Waals surface area (Å²) in [5.41, 5.74) is 0.816. The van der Waals surface area contributed by atoms with Crippen LogP contribution in [-0.2, 0) is 4.79 Å². The number of tetrazole rings is 1. The lowest BCUT2D eigenvalue weighted by Gasteiger charge is -2.32. The van der Waals surface area contributed by atoms with Gasteiger partial charge in [0, 0.05) is 5.02 Å². The molecule has 2 aromatic rings. The SMILES string of the molecule is CC[NH+]1CCN(C(=O)[C@@H](C)Sc2nnnn2-c2ccc(Cl)cc2)CC1. The summed E-state index contributed by atoms with van der Waals surface area (Å²) in [6.45, 7) is 8.87. The fourth-order valence-corrected chi connectivity index (χ4v) is 3.88. The first-order chi connectivity index (χ1) is 12.1. The standard InChI is InChI=1S/C16H21ClN6OS/c1-3-21-8-10-22(11-9-21)15(24)12(2)25-16-18-19-20-23(16)14-6-4-13(17)5-7-14/h4-7,12H,3,8-11H2,1-2H3/p+1/t12-/m1/s1. The molecule has 1 fully saturated rings. The molecule has 1 saturated heterocycles. The molecule has 134 valence electrons. The third kappa shape index (κ3) is 4.31. The maximum absolute atomic E-state index is 12.7. The Morgan fingerprint density at radius 1 is 1.32 bits per heavy atom. The second-order valence-electron chi connectivity index (χ2n) is 6.04. The molecular formula is C16H22ClN6OS+. The Bertz CT molecular complexity index is 714. The minimum absolute atomic E-state index is 0.144. The molecule has 1 aromatic heterocycles. The Labute approximate surface area is 156 Å². The highest BCUT2D eigenvalue weighted by atomic mass is 35.5. The Kier molecular flexibility index (Phi) is 5.93. The summed E-state index contributed by atoms with van der Waals surface area (Å²) in [5.74, 6) is 0.144. The fraction of sp³-hybridized carbons (Fsp3) is 0.500. The third-order valence-electron chi connectivity index (χ3n) is 4.42. The van der Waals surface area contributed by atoms with Crippen LogP contribution in [0.2, 0.25) is 5.02 Å². The second-order valence-corrected chi connectivity index (χ2v) is 7.78. The number of halogens is 1. The molecule has 1 N–H and O–H groups in total. The summed E-state index contributed by atoms with van der Waals surface area (Å²) in [6, 6.07) is 7.28. The van der Waals surface area contributed by atoms with E-state index in [0.29, 0.717) is 10.2 Å². The van der Waals surface area contributed by atoms with Crippen molar-refractivity contribution in [3.63, 3.8) is 0 Å². The van der Waals surface area contributed by atoms with E-state index in [1.165, 1.54) is 11.8 Å². The van der Waals surface area contributed by atoms with Crippen LogP contribution in [0.25, 0.3) is 5.69 Å². The lowest BCUT2D eigenvalue weighted by Crippen LogP contribution is -3.14. The number of amides is 1. The average molecular weight is 382 g/mol. The van der Waals surface area contributed by atoms with Crippen LogP contribution < -0.4 is 4.90 Å². The van der Waals surface area contributed by atoms with Crippen molar-refractivity contribution in [2.24, 2.45) is 0 Å². The average Bonchev–Trinajstić information content (AvgIpc) is 3.10. The number of likely N-dealkylation sites (N-methyl/N-ethyl adjacent to an activating group) is 1. The first-order valence-corrected chi connectivity index (χ1v) is 9.67. The minimum Gasteiger partial charge on any atom is -0.332 e. The van der Waals surface area contributed by atoms with Gasteiger partial charge in [0.1, 0.15) is 0 Å². The van der Waals surface area contributed by atoms with Gasteiger partial charge in [-0.25, -0.2) is 0 Å². The zero-order chi connectivity index (χ0) is 17.8. The Morgan fingerprint density at radius 3 is 2.64 bits per heavy atom. The molecule has 1 aliphatic heterocycles. The van der Waals surface area contributed by atoms with Crippen molar-refractivity contribution in [2.45, 2.75) is 24.3 Å². The molecule has 7 nitrogen and oxygen atoms in total. The lowest BCUT2D eigenvalue weighted by atomic mass is 10.3. The van der Waals surface area contributed by atoms with Gasteiger partial charge in [-0.2, -0.15) is 4.68 Å². The van der Waals surface area contributed by atoms with Crippen molar-refractivity contribution >= 4 is 29.3 Å². The number of hydrogen-bond acceptors (Lipinski definition) is 5. The number of thioether (sulfide) groups is 1. The summed E-state index contributed by atoms with van der Waals surface area (Å²) in [4.78, 5) is 16.2. The molecule has 3 rings (SSSR count). The molecule has 0 saturated carbocycles. The second kappa shape index (κ2) is 8.16. The van der Waals surface area contributed by atoms with Gasteiger partial charge in [0.05, 0.1) is 43.7 Å². The van der Waals surface area contributed by atoms with E-state index in [9.17, 15) is 4.79 Å². The van der Waals surface area contributed by atoms with Crippen LogP contribution in [0.15, 0.2) is 29.4 Å². The maximum atomic E-state index is 12.7. The highest BCUT2D eigenvalue weighted by Crippen LogP contribution is 2.24. The topological polar surface area (TPSA) is 68.3 Å². The van der Waals surface area contributed by atoms with E-state index < -0.39 is 0 Å². The maximum Gasteiger partial charge on any atom is 0.236 e. The lowest BCUT2D eigenvalue weighted by molar-refractivity contribution is -0.902. The Hall–Kier alpha value is -1.64. The predicted molar refractivity (Wildman–Crippen MR) is 97.3 cm³/mol. The van der Waals surface area contributed by atoms with Crippen LogP contribution >= 0.6 is 23.4 Å². The van der Waals surface area contributed by atoms with Gasteiger partial charge < -0.3 is 9.80 Å². The number of benzene rings is 1. The number of rotatable bonds is 5. The number of aromatic nitrogens is 4. The van der Waals surface area contributed by atoms with Crippen molar-refractivity contribution in [1.82, 2.24) is 25.1 Å². The summed E-state index contributed by atoms with van der Waals surface area (Å²) >= 11 is 7.31. The highest BCUT2D eigenvalue weighted by molar-refractivity contribution is 8.00. The quantitative estimate of drug-likeness (QED) is 0.766. The minimum atomic E-state index is -0.236. The van der Waals surface area contributed by atoms with E-state index >= 15 is 0 Å². The normalized spacial score (nSPS) is 16.8. The molecule has 2 heterocycles. The van der Waals surface area contributed by atoms with Gasteiger partial charge in [0.25, 0.3) is 0 Å². The molecule has 1 amide bonds. The van der Waals surface area contributed by atoms with Crippen molar-refractivity contribution in [2.75, 3.05) is 32.7 Å². The first-order valence-electron chi connectivity index (χ1n) is 8.41. The molecule has 1 atom stereocenters. The van der Waals surface area contributed by atoms with Gasteiger partial charge in [-0.05, 0) is 48.5 Å². The zero-order valence-electron chi connectivity index (χ0n) is 14.4. The van der Waals surface area contributed by atoms with Gasteiger partial charge >= 0.3 is 0 Å². The molecule has 1 aliphatic rings. The molecule has 9 heteroatoms. The monoisotopic (exact) mass is 381 g/mol. The number of nitrogens with zero attached hydrogens (tertiary/aromatic N) is 5. The van der Waals surface area contributed by atoms with E-state index in [4.69, 9.17) is 11.6 Å². The number of piperazine rings is 1. The van der Waals surface area contributed by atoms with Crippen LogP contribution in [0.1, 0.15) is 13.8 Å². The number of quaternary nitrogens is 1. The smallest absolute Gasteiger partial charge is 0.236 e. The first kappa shape index (κ1) is 18.2. The largest absolute Gasteiger partial charge is 0.332 e. The molecule has 0 radical (unpaired) electrons. The van der Waals surface area contributed by atoms with Crippen LogP contribution in [-0.4, -0.2) is 69.0 Å². The Balaban J connectivity index is 1.65. The highest BCUT2D eigenvalue weighted by Gasteiger charge is 2.28. The molecular weight excluding hydrogens is 360 g/mol. The number of carbonyl (C=O) groups excluding carboxylic acids is 1. The van der Waals surface area contributed by atoms with Crippen LogP contribution in [0.5, 0.6) is 0 Å². The van der Waals surface area contributed by atoms with Gasteiger partial charge in [0.2, 0.25) is 11.1 Å². The van der Waals surface area contributed by atoms with E-state index in [2.05, 4.69) is 22.4 Å². The summed E-state index contributed by atoms with van der Waals surface area (Å²) in [5, 5.41) is 12.9. The van der Waals surface area contributed by atoms with Crippen molar-refractivity contribution in [3.8, 4) is 5.69 Å². The molecule has 25 heavy (non-hydrogen) atoms. The zero-order valence-corrected chi connectivity index (χ0v) is 15.9. The van der Waals surface area contributed by atoms with E-state index in [0.717, 1.165) is 38.4 Å². The Morgan fingerprint density at radius 2 is 2.00 bits per heavy atom. The molecule has 1 aromatic carbocycles. The van der Waals surface area contributed by atoms with Gasteiger partial charge in [0.15, 0.2) is 0 Å². The third-order valence-corrected chi connectivity index (χ3v) is 5.70. The van der Waals surface area contributed by atoms with Gasteiger partial charge in [-0.3, -0.25) is 4.79 Å². The summed E-state index contributed by atoms with van der Waals surface area (Å²) in [6.07, 6.45) is 0. The van der Waals surface area contributed by atoms with Gasteiger partial charge in [-0.15, -0.1) is 5.10 Å². The van der Waals surface area contributed by atoms with E-state index in [-0.39, 0.29) is 11.2 Å². The molecule has 0 bridgehead atoms. The summed E-state index contributed by atoms with van der Waals surface area (Å²) in [7, 11) is 0. The number of carbonyl (C=O) groups is 1. The fourth-order valence-electron chi connectivity index (χ4n) is 2.86. The predicted octanol–water partition coefficient (Wildman–Crippen LogP) is 0.543. The molecule has 0 unspecified atom stereocenters. The van der Waals surface area contributed by atoms with Crippen molar-refractivity contribution in [3.05, 3.63) is 29.3 Å². The van der Waals surface area contributed by atoms with Gasteiger partial charge in [-0.1, -0.05) is 23.4 Å². The van der Waals surface area contributed by atoms with E-state index in [1.54, 1.807) is 21.7 Å². The van der Waals surface area contributed by atoms with Crippen molar-refractivity contribution in [1.29, 1.82) is 0 Å².